The lowest BCUT2D eigenvalue weighted by Crippen LogP contribution is -2.11. The topological polar surface area (TPSA) is 6.48 Å². The van der Waals surface area contributed by atoms with Crippen LogP contribution in [0.5, 0.6) is 0 Å². The summed E-state index contributed by atoms with van der Waals surface area (Å²) < 4.78 is 0. The summed E-state index contributed by atoms with van der Waals surface area (Å²) in [4.78, 5) is 4.69. The maximum atomic E-state index is 2.35. The number of nitrogens with zero attached hydrogens (tertiary/aromatic N) is 2. The normalized spacial score (nSPS) is 10.9. The Morgan fingerprint density at radius 2 is 0.387 bits per heavy atom. The molecule has 0 unspecified atom stereocenters. The van der Waals surface area contributed by atoms with Crippen molar-refractivity contribution in [2.75, 3.05) is 9.80 Å². The second kappa shape index (κ2) is 17.6. The van der Waals surface area contributed by atoms with Crippen molar-refractivity contribution in [1.82, 2.24) is 0 Å². The molecule has 0 atom stereocenters. The van der Waals surface area contributed by atoms with Gasteiger partial charge in [-0.05, 0) is 105 Å². The summed E-state index contributed by atoms with van der Waals surface area (Å²) in [6.45, 7) is 0. The lowest BCUT2D eigenvalue weighted by Gasteiger charge is -2.28. The Labute approximate surface area is 364 Å². The summed E-state index contributed by atoms with van der Waals surface area (Å²) in [5.74, 6) is 0. The molecule has 62 heavy (non-hydrogen) atoms. The van der Waals surface area contributed by atoms with Gasteiger partial charge in [0.15, 0.2) is 0 Å². The Morgan fingerprint density at radius 1 is 0.161 bits per heavy atom. The van der Waals surface area contributed by atoms with Crippen LogP contribution in [0.1, 0.15) is 0 Å². The predicted molar refractivity (Wildman–Crippen MR) is 263 cm³/mol. The molecule has 0 aliphatic heterocycles. The van der Waals surface area contributed by atoms with E-state index in [0.29, 0.717) is 0 Å². The van der Waals surface area contributed by atoms with Crippen molar-refractivity contribution in [3.05, 3.63) is 267 Å². The molecule has 10 aromatic carbocycles. The first-order valence-corrected chi connectivity index (χ1v) is 21.2. The molecule has 0 saturated heterocycles. The average molecular weight is 793 g/mol. The predicted octanol–water partition coefficient (Wildman–Crippen LogP) is 17.0. The van der Waals surface area contributed by atoms with Crippen LogP contribution in [0.2, 0.25) is 0 Å². The van der Waals surface area contributed by atoms with Crippen molar-refractivity contribution >= 4 is 34.1 Å². The van der Waals surface area contributed by atoms with E-state index in [2.05, 4.69) is 277 Å². The fourth-order valence-corrected chi connectivity index (χ4v) is 8.39. The largest absolute Gasteiger partial charge is 0.310 e. The smallest absolute Gasteiger partial charge is 0.0540 e. The molecule has 0 fully saturated rings. The minimum Gasteiger partial charge on any atom is -0.310 e. The van der Waals surface area contributed by atoms with E-state index in [0.717, 1.165) is 34.1 Å². The minimum absolute atomic E-state index is 1.11. The summed E-state index contributed by atoms with van der Waals surface area (Å²) in [7, 11) is 0. The zero-order chi connectivity index (χ0) is 41.5. The van der Waals surface area contributed by atoms with Crippen LogP contribution < -0.4 is 9.80 Å². The molecule has 0 aliphatic rings. The number of rotatable bonds is 11. The molecule has 10 aromatic rings. The van der Waals surface area contributed by atoms with E-state index in [1.54, 1.807) is 0 Å². The number of para-hydroxylation sites is 4. The van der Waals surface area contributed by atoms with Crippen LogP contribution in [0.25, 0.3) is 55.6 Å². The molecule has 0 spiro atoms. The Bertz CT molecular complexity index is 2790. The quantitative estimate of drug-likeness (QED) is 0.129. The molecule has 2 heteroatoms. The maximum absolute atomic E-state index is 2.35. The number of hydrogen-bond donors (Lipinski definition) is 0. The van der Waals surface area contributed by atoms with Crippen molar-refractivity contribution in [3.8, 4) is 55.6 Å². The molecule has 0 aromatic heterocycles. The van der Waals surface area contributed by atoms with Gasteiger partial charge in [0, 0.05) is 33.9 Å². The third-order valence-corrected chi connectivity index (χ3v) is 11.5. The van der Waals surface area contributed by atoms with Gasteiger partial charge in [-0.25, -0.2) is 0 Å². The van der Waals surface area contributed by atoms with Crippen LogP contribution >= 0.6 is 0 Å². The molecule has 0 bridgehead atoms. The Morgan fingerprint density at radius 3 is 0.694 bits per heavy atom. The first-order valence-electron chi connectivity index (χ1n) is 21.2. The zero-order valence-electron chi connectivity index (χ0n) is 34.3. The molecule has 294 valence electrons. The van der Waals surface area contributed by atoms with E-state index in [1.165, 1.54) is 55.6 Å². The summed E-state index contributed by atoms with van der Waals surface area (Å²) in [6, 6.07) is 95.4. The molecule has 0 saturated carbocycles. The number of benzene rings is 10. The highest BCUT2D eigenvalue weighted by atomic mass is 15.1. The number of hydrogen-bond acceptors (Lipinski definition) is 2. The van der Waals surface area contributed by atoms with Crippen molar-refractivity contribution in [3.63, 3.8) is 0 Å². The summed E-state index contributed by atoms with van der Waals surface area (Å²) >= 11 is 0. The second-order valence-corrected chi connectivity index (χ2v) is 15.4. The molecule has 10 rings (SSSR count). The third kappa shape index (κ3) is 7.93. The van der Waals surface area contributed by atoms with Gasteiger partial charge in [0.2, 0.25) is 0 Å². The van der Waals surface area contributed by atoms with Crippen LogP contribution in [0.4, 0.5) is 34.1 Å². The standard InChI is InChI=1S/C60H44N2/c1-5-17-51(18-6-1)57-25-13-15-27-59(57)61(53-21-9-3-10-22-53)55-41-37-49(38-42-55)47-33-29-45(30-34-47)46-31-35-48(36-32-46)50-39-43-56(44-40-50)62(54-23-11-4-12-24-54)60-28-16-14-26-58(60)52-19-7-2-8-20-52/h1-44H. The first-order chi connectivity index (χ1) is 30.8. The SMILES string of the molecule is c1ccc(-c2ccccc2N(c2ccccc2)c2ccc(-c3ccc(-c4ccc(-c5ccc(N(c6ccccc6)c6ccccc6-c6ccccc6)cc5)cc4)cc3)cc2)cc1. The second-order valence-electron chi connectivity index (χ2n) is 15.4. The van der Waals surface area contributed by atoms with Crippen LogP contribution in [0.15, 0.2) is 267 Å². The fraction of sp³-hybridized carbons (Fsp3) is 0. The number of anilines is 6. The van der Waals surface area contributed by atoms with Gasteiger partial charge in [-0.15, -0.1) is 0 Å². The summed E-state index contributed by atoms with van der Waals surface area (Å²) in [5, 5.41) is 0. The highest BCUT2D eigenvalue weighted by Crippen LogP contribution is 2.43. The minimum atomic E-state index is 1.11. The highest BCUT2D eigenvalue weighted by Gasteiger charge is 2.18. The van der Waals surface area contributed by atoms with E-state index in [4.69, 9.17) is 0 Å². The van der Waals surface area contributed by atoms with E-state index in [9.17, 15) is 0 Å². The van der Waals surface area contributed by atoms with Crippen LogP contribution in [-0.2, 0) is 0 Å². The maximum Gasteiger partial charge on any atom is 0.0540 e. The molecular formula is C60H44N2. The Kier molecular flexibility index (Phi) is 10.8. The van der Waals surface area contributed by atoms with Crippen LogP contribution in [0, 0.1) is 0 Å². The first kappa shape index (κ1) is 38.0. The molecule has 0 amide bonds. The van der Waals surface area contributed by atoms with E-state index in [-0.39, 0.29) is 0 Å². The van der Waals surface area contributed by atoms with Gasteiger partial charge in [-0.1, -0.05) is 206 Å². The van der Waals surface area contributed by atoms with Gasteiger partial charge in [0.1, 0.15) is 0 Å². The van der Waals surface area contributed by atoms with Crippen molar-refractivity contribution in [2.45, 2.75) is 0 Å². The lowest BCUT2D eigenvalue weighted by atomic mass is 9.97. The Balaban J connectivity index is 0.880. The van der Waals surface area contributed by atoms with Crippen LogP contribution in [-0.4, -0.2) is 0 Å². The van der Waals surface area contributed by atoms with E-state index in [1.807, 2.05) is 0 Å². The fourth-order valence-electron chi connectivity index (χ4n) is 8.39. The average Bonchev–Trinajstić information content (AvgIpc) is 3.36. The van der Waals surface area contributed by atoms with Crippen molar-refractivity contribution in [2.24, 2.45) is 0 Å². The highest BCUT2D eigenvalue weighted by molar-refractivity contribution is 5.90. The van der Waals surface area contributed by atoms with Crippen LogP contribution in [0.3, 0.4) is 0 Å². The van der Waals surface area contributed by atoms with Gasteiger partial charge in [-0.3, -0.25) is 0 Å². The van der Waals surface area contributed by atoms with E-state index < -0.39 is 0 Å². The third-order valence-electron chi connectivity index (χ3n) is 11.5. The molecular weight excluding hydrogens is 749 g/mol. The van der Waals surface area contributed by atoms with Gasteiger partial charge in [0.25, 0.3) is 0 Å². The van der Waals surface area contributed by atoms with Gasteiger partial charge >= 0.3 is 0 Å². The van der Waals surface area contributed by atoms with Crippen molar-refractivity contribution < 1.29 is 0 Å². The Hall–Kier alpha value is -8.20. The summed E-state index contributed by atoms with van der Waals surface area (Å²) in [5.41, 5.74) is 18.6. The zero-order valence-corrected chi connectivity index (χ0v) is 34.3. The lowest BCUT2D eigenvalue weighted by molar-refractivity contribution is 1.28. The van der Waals surface area contributed by atoms with Gasteiger partial charge < -0.3 is 9.80 Å². The molecule has 0 heterocycles. The molecule has 2 nitrogen and oxygen atoms in total. The summed E-state index contributed by atoms with van der Waals surface area (Å²) in [6.07, 6.45) is 0. The van der Waals surface area contributed by atoms with E-state index >= 15 is 0 Å². The molecule has 0 aliphatic carbocycles. The molecule has 0 radical (unpaired) electrons. The van der Waals surface area contributed by atoms with Crippen molar-refractivity contribution in [1.29, 1.82) is 0 Å². The molecule has 0 N–H and O–H groups in total. The monoisotopic (exact) mass is 792 g/mol. The van der Waals surface area contributed by atoms with Gasteiger partial charge in [0.05, 0.1) is 11.4 Å². The van der Waals surface area contributed by atoms with Gasteiger partial charge in [-0.2, -0.15) is 0 Å².